The van der Waals surface area contributed by atoms with Gasteiger partial charge >= 0.3 is 0 Å². The lowest BCUT2D eigenvalue weighted by Gasteiger charge is -2.23. The fourth-order valence-electron chi connectivity index (χ4n) is 5.49. The molecule has 6 rings (SSSR count). The van der Waals surface area contributed by atoms with Crippen LogP contribution in [0.3, 0.4) is 0 Å². The van der Waals surface area contributed by atoms with Gasteiger partial charge in [-0.15, -0.1) is 0 Å². The lowest BCUT2D eigenvalue weighted by molar-refractivity contribution is -0.0298. The number of benzene rings is 2. The first-order valence-electron chi connectivity index (χ1n) is 14.7. The van der Waals surface area contributed by atoms with Gasteiger partial charge in [0.25, 0.3) is 11.4 Å². The van der Waals surface area contributed by atoms with Crippen LogP contribution >= 0.6 is 0 Å². The van der Waals surface area contributed by atoms with Gasteiger partial charge in [-0.05, 0) is 74.6 Å². The monoisotopic (exact) mass is 586 g/mol. The molecule has 1 aliphatic rings. The number of amides is 1. The maximum Gasteiger partial charge on any atom is 0.255 e. The molecule has 10 nitrogen and oxygen atoms in total. The van der Waals surface area contributed by atoms with Crippen molar-refractivity contribution < 1.29 is 9.53 Å². The highest BCUT2D eigenvalue weighted by Gasteiger charge is 2.27. The highest BCUT2D eigenvalue weighted by atomic mass is 16.5. The molecule has 5 aromatic rings. The van der Waals surface area contributed by atoms with Crippen molar-refractivity contribution in [2.45, 2.75) is 58.7 Å². The molecule has 1 unspecified atom stereocenters. The number of aromatic nitrogens is 5. The highest BCUT2D eigenvalue weighted by molar-refractivity contribution is 6.05. The minimum Gasteiger partial charge on any atom is -0.358 e. The summed E-state index contributed by atoms with van der Waals surface area (Å²) in [5.41, 5.74) is 6.77. The van der Waals surface area contributed by atoms with Crippen molar-refractivity contribution >= 4 is 34.3 Å². The average Bonchev–Trinajstić information content (AvgIpc) is 3.49. The Morgan fingerprint density at radius 3 is 2.73 bits per heavy atom. The molecule has 0 spiro atoms. The first-order chi connectivity index (χ1) is 21.3. The molecular formula is C34H34N8O2. The van der Waals surface area contributed by atoms with Crippen molar-refractivity contribution in [2.75, 3.05) is 17.2 Å². The molecular weight excluding hydrogens is 552 g/mol. The molecule has 0 radical (unpaired) electrons. The third-order valence-electron chi connectivity index (χ3n) is 8.16. The number of imidazole rings is 1. The summed E-state index contributed by atoms with van der Waals surface area (Å²) in [6.45, 7) is 15.9. The largest absolute Gasteiger partial charge is 0.358 e. The maximum atomic E-state index is 13.3. The van der Waals surface area contributed by atoms with E-state index in [0.29, 0.717) is 28.3 Å². The van der Waals surface area contributed by atoms with Crippen molar-refractivity contribution in [3.8, 4) is 11.3 Å². The lowest BCUT2D eigenvalue weighted by atomic mass is 9.93. The van der Waals surface area contributed by atoms with Crippen molar-refractivity contribution in [3.63, 3.8) is 0 Å². The van der Waals surface area contributed by atoms with E-state index in [0.717, 1.165) is 59.5 Å². The van der Waals surface area contributed by atoms with Crippen LogP contribution in [-0.4, -0.2) is 37.0 Å². The standard InChI is InChI=1S/C34H34N8O2/c1-21-14-15-26(40-33(43)23-10-8-11-24(18-23)34(3,4)35-5)22(2)28(21)41-31-25(12-9-16-36-31)29-30-32(38-19-37-29)42(20-39-30)27-13-6-7-17-44-27/h8-12,14-16,18-20,27H,6-7,13,17H2,1-4H3,(H,36,41)(H,40,43). The number of aryl methyl sites for hydroxylation is 1. The molecule has 2 N–H and O–H groups in total. The Balaban J connectivity index is 1.31. The van der Waals surface area contributed by atoms with Gasteiger partial charge in [0.05, 0.1) is 6.33 Å². The van der Waals surface area contributed by atoms with E-state index in [9.17, 15) is 4.79 Å². The highest BCUT2D eigenvalue weighted by Crippen LogP contribution is 2.36. The van der Waals surface area contributed by atoms with Crippen LogP contribution in [0.5, 0.6) is 0 Å². The fourth-order valence-corrected chi connectivity index (χ4v) is 5.49. The number of anilines is 3. The van der Waals surface area contributed by atoms with Crippen molar-refractivity contribution in [1.82, 2.24) is 24.5 Å². The number of nitrogens with zero attached hydrogens (tertiary/aromatic N) is 6. The van der Waals surface area contributed by atoms with Crippen molar-refractivity contribution in [3.05, 3.63) is 101 Å². The maximum absolute atomic E-state index is 13.3. The molecule has 4 heterocycles. The van der Waals surface area contributed by atoms with Gasteiger partial charge < -0.3 is 20.2 Å². The van der Waals surface area contributed by atoms with E-state index in [4.69, 9.17) is 16.3 Å². The molecule has 1 aliphatic heterocycles. The van der Waals surface area contributed by atoms with E-state index in [-0.39, 0.29) is 12.1 Å². The van der Waals surface area contributed by atoms with Crippen LogP contribution in [0.15, 0.2) is 67.4 Å². The Morgan fingerprint density at radius 1 is 1.07 bits per heavy atom. The smallest absolute Gasteiger partial charge is 0.255 e. The summed E-state index contributed by atoms with van der Waals surface area (Å²) >= 11 is 0. The molecule has 0 bridgehead atoms. The molecule has 1 atom stereocenters. The number of rotatable bonds is 7. The summed E-state index contributed by atoms with van der Waals surface area (Å²) in [6, 6.07) is 14.9. The first-order valence-corrected chi connectivity index (χ1v) is 14.7. The van der Waals surface area contributed by atoms with Gasteiger partial charge in [0.15, 0.2) is 5.65 Å². The quantitative estimate of drug-likeness (QED) is 0.192. The van der Waals surface area contributed by atoms with Gasteiger partial charge in [0.2, 0.25) is 0 Å². The van der Waals surface area contributed by atoms with Gasteiger partial charge in [0.1, 0.15) is 29.6 Å². The number of ether oxygens (including phenoxy) is 1. The summed E-state index contributed by atoms with van der Waals surface area (Å²) in [6.07, 6.45) is 8.05. The Kier molecular flexibility index (Phi) is 7.80. The summed E-state index contributed by atoms with van der Waals surface area (Å²) in [7, 11) is 0. The van der Waals surface area contributed by atoms with E-state index in [2.05, 4.69) is 30.4 Å². The molecule has 222 valence electrons. The number of hydrogen-bond acceptors (Lipinski definition) is 7. The number of carbonyl (C=O) groups is 1. The average molecular weight is 587 g/mol. The van der Waals surface area contributed by atoms with Crippen LogP contribution in [0.2, 0.25) is 0 Å². The number of carbonyl (C=O) groups excluding carboxylic acids is 1. The topological polar surface area (TPSA) is 111 Å². The fraction of sp³-hybridized carbons (Fsp3) is 0.294. The van der Waals surface area contributed by atoms with Crippen LogP contribution in [0.1, 0.15) is 66.4 Å². The number of hydrogen-bond donors (Lipinski definition) is 2. The van der Waals surface area contributed by atoms with E-state index < -0.39 is 5.54 Å². The van der Waals surface area contributed by atoms with Crippen molar-refractivity contribution in [1.29, 1.82) is 0 Å². The van der Waals surface area contributed by atoms with E-state index in [1.165, 1.54) is 0 Å². The van der Waals surface area contributed by atoms with Crippen LogP contribution < -0.4 is 10.6 Å². The Morgan fingerprint density at radius 2 is 1.93 bits per heavy atom. The number of pyridine rings is 1. The summed E-state index contributed by atoms with van der Waals surface area (Å²) in [4.78, 5) is 35.6. The molecule has 1 saturated heterocycles. The predicted molar refractivity (Wildman–Crippen MR) is 171 cm³/mol. The van der Waals surface area contributed by atoms with Gasteiger partial charge in [-0.25, -0.2) is 26.5 Å². The van der Waals surface area contributed by atoms with Gasteiger partial charge in [-0.2, -0.15) is 0 Å². The molecule has 0 saturated carbocycles. The molecule has 0 aliphatic carbocycles. The lowest BCUT2D eigenvalue weighted by Crippen LogP contribution is -2.17. The van der Waals surface area contributed by atoms with E-state index >= 15 is 0 Å². The Bertz CT molecular complexity index is 1900. The summed E-state index contributed by atoms with van der Waals surface area (Å²) in [5.74, 6) is 0.365. The van der Waals surface area contributed by atoms with Gasteiger partial charge in [-0.3, -0.25) is 9.36 Å². The third kappa shape index (κ3) is 5.50. The van der Waals surface area contributed by atoms with E-state index in [1.807, 2.05) is 68.7 Å². The Labute approximate surface area is 256 Å². The minimum atomic E-state index is -0.718. The SMILES string of the molecule is [C-]#[N+]C(C)(C)c1cccc(C(=O)Nc2ccc(C)c(Nc3ncccc3-c3ncnc4c3ncn4C3CCCCO3)c2C)c1. The normalized spacial score (nSPS) is 15.1. The Hall–Kier alpha value is -5.14. The number of fused-ring (bicyclic) bond motifs is 1. The molecule has 10 heteroatoms. The van der Waals surface area contributed by atoms with Crippen LogP contribution in [0.4, 0.5) is 17.2 Å². The molecule has 1 fully saturated rings. The minimum absolute atomic E-state index is 0.0899. The van der Waals surface area contributed by atoms with Crippen LogP contribution in [0, 0.1) is 20.4 Å². The van der Waals surface area contributed by atoms with E-state index in [1.54, 1.807) is 31.0 Å². The molecule has 3 aromatic heterocycles. The third-order valence-corrected chi connectivity index (χ3v) is 8.16. The molecule has 44 heavy (non-hydrogen) atoms. The second-order valence-corrected chi connectivity index (χ2v) is 11.5. The van der Waals surface area contributed by atoms with Crippen LogP contribution in [0.25, 0.3) is 27.3 Å². The summed E-state index contributed by atoms with van der Waals surface area (Å²) < 4.78 is 7.98. The second kappa shape index (κ2) is 11.9. The zero-order valence-electron chi connectivity index (χ0n) is 25.3. The summed E-state index contributed by atoms with van der Waals surface area (Å²) in [5, 5.41) is 6.58. The second-order valence-electron chi connectivity index (χ2n) is 11.5. The van der Waals surface area contributed by atoms with Crippen LogP contribution in [-0.2, 0) is 10.3 Å². The predicted octanol–water partition coefficient (Wildman–Crippen LogP) is 7.35. The van der Waals surface area contributed by atoms with Crippen molar-refractivity contribution in [2.24, 2.45) is 0 Å². The first kappa shape index (κ1) is 29.0. The number of nitrogens with one attached hydrogen (secondary N) is 2. The molecule has 2 aromatic carbocycles. The van der Waals surface area contributed by atoms with Gasteiger partial charge in [0, 0.05) is 54.7 Å². The zero-order valence-corrected chi connectivity index (χ0v) is 25.3. The molecule has 1 amide bonds. The zero-order chi connectivity index (χ0) is 30.8. The van der Waals surface area contributed by atoms with Gasteiger partial charge in [-0.1, -0.05) is 18.2 Å².